The molecule has 0 radical (unpaired) electrons. The van der Waals surface area contributed by atoms with Gasteiger partial charge in [0.2, 0.25) is 0 Å². The van der Waals surface area contributed by atoms with Gasteiger partial charge in [-0.25, -0.2) is 0 Å². The average molecular weight is 488 g/mol. The summed E-state index contributed by atoms with van der Waals surface area (Å²) in [6, 6.07) is 31.7. The Morgan fingerprint density at radius 2 is 0.973 bits per heavy atom. The van der Waals surface area contributed by atoms with E-state index in [0.717, 1.165) is 0 Å². The summed E-state index contributed by atoms with van der Waals surface area (Å²) in [5.41, 5.74) is 10.6. The van der Waals surface area contributed by atoms with Gasteiger partial charge in [-0.1, -0.05) is 129 Å². The Kier molecular flexibility index (Phi) is 5.90. The van der Waals surface area contributed by atoms with E-state index in [4.69, 9.17) is 0 Å². The lowest BCUT2D eigenvalue weighted by Gasteiger charge is -2.30. The van der Waals surface area contributed by atoms with E-state index in [1.54, 1.807) is 0 Å². The maximum atomic E-state index is 2.48. The van der Waals surface area contributed by atoms with E-state index >= 15 is 0 Å². The van der Waals surface area contributed by atoms with Crippen LogP contribution >= 0.6 is 0 Å². The van der Waals surface area contributed by atoms with E-state index < -0.39 is 0 Å². The summed E-state index contributed by atoms with van der Waals surface area (Å²) >= 11 is 0. The third-order valence-corrected chi connectivity index (χ3v) is 7.59. The summed E-state index contributed by atoms with van der Waals surface area (Å²) in [7, 11) is 0. The van der Waals surface area contributed by atoms with Gasteiger partial charge in [0, 0.05) is 10.8 Å². The molecule has 0 N–H and O–H groups in total. The van der Waals surface area contributed by atoms with E-state index in [9.17, 15) is 0 Å². The minimum absolute atomic E-state index is 0.0575. The molecule has 0 aliphatic rings. The molecule has 0 saturated carbocycles. The van der Waals surface area contributed by atoms with Crippen LogP contribution in [0.5, 0.6) is 0 Å². The lowest BCUT2D eigenvalue weighted by Crippen LogP contribution is -2.19. The quantitative estimate of drug-likeness (QED) is 0.233. The molecule has 4 aromatic carbocycles. The van der Waals surface area contributed by atoms with Gasteiger partial charge in [0.25, 0.3) is 0 Å². The van der Waals surface area contributed by atoms with E-state index in [1.807, 2.05) is 0 Å². The van der Waals surface area contributed by atoms with Crippen molar-refractivity contribution in [2.45, 2.75) is 78.6 Å². The van der Waals surface area contributed by atoms with Crippen LogP contribution in [-0.4, -0.2) is 4.57 Å². The Morgan fingerprint density at radius 1 is 0.486 bits per heavy atom. The number of rotatable bonds is 2. The summed E-state index contributed by atoms with van der Waals surface area (Å²) in [6.07, 6.45) is 0. The minimum atomic E-state index is -0.0575. The Labute approximate surface area is 223 Å². The smallest absolute Gasteiger partial charge is 0.0541 e. The molecule has 0 atom stereocenters. The number of para-hydroxylation sites is 2. The summed E-state index contributed by atoms with van der Waals surface area (Å²) < 4.78 is 2.48. The first-order valence-electron chi connectivity index (χ1n) is 13.6. The summed E-state index contributed by atoms with van der Waals surface area (Å²) in [6.45, 7) is 20.9. The van der Waals surface area contributed by atoms with E-state index in [-0.39, 0.29) is 16.2 Å². The fourth-order valence-electron chi connectivity index (χ4n) is 5.59. The van der Waals surface area contributed by atoms with Crippen molar-refractivity contribution in [2.24, 2.45) is 0 Å². The zero-order valence-electron chi connectivity index (χ0n) is 24.0. The molecule has 1 nitrogen and oxygen atoms in total. The van der Waals surface area contributed by atoms with Gasteiger partial charge in [-0.3, -0.25) is 0 Å². The molecule has 0 fully saturated rings. The molecule has 1 heteroatoms. The molecule has 0 saturated heterocycles. The maximum Gasteiger partial charge on any atom is 0.0541 e. The van der Waals surface area contributed by atoms with Crippen LogP contribution in [0.1, 0.15) is 79.0 Å². The number of aromatic nitrogens is 1. The molecule has 5 aromatic rings. The van der Waals surface area contributed by atoms with Crippen molar-refractivity contribution in [1.29, 1.82) is 0 Å². The van der Waals surface area contributed by atoms with Gasteiger partial charge in [-0.05, 0) is 62.3 Å². The van der Waals surface area contributed by atoms with Crippen molar-refractivity contribution in [3.8, 4) is 16.8 Å². The van der Waals surface area contributed by atoms with E-state index in [2.05, 4.69) is 152 Å². The standard InChI is InChI=1S/C36H41N/c1-34(2,3)25-21-24(22-26(23-25)35(4,5)6)27-17-14-20-32(33(27)36(7,8)9)37-30-18-12-10-15-28(30)29-16-11-13-19-31(29)37/h10-23H,1-9H3. The van der Waals surface area contributed by atoms with Crippen LogP contribution in [0.3, 0.4) is 0 Å². The number of benzene rings is 4. The molecule has 0 aliphatic carbocycles. The first kappa shape index (κ1) is 25.3. The van der Waals surface area contributed by atoms with Gasteiger partial charge in [-0.15, -0.1) is 0 Å². The molecular formula is C36H41N. The normalized spacial score (nSPS) is 13.0. The van der Waals surface area contributed by atoms with E-state index in [0.29, 0.717) is 0 Å². The van der Waals surface area contributed by atoms with Crippen LogP contribution in [0.4, 0.5) is 0 Å². The van der Waals surface area contributed by atoms with Crippen LogP contribution in [0.25, 0.3) is 38.6 Å². The fraction of sp³-hybridized carbons (Fsp3) is 0.333. The van der Waals surface area contributed by atoms with Crippen molar-refractivity contribution in [2.75, 3.05) is 0 Å². The first-order valence-corrected chi connectivity index (χ1v) is 13.6. The van der Waals surface area contributed by atoms with Gasteiger partial charge >= 0.3 is 0 Å². The third-order valence-electron chi connectivity index (χ3n) is 7.59. The summed E-state index contributed by atoms with van der Waals surface area (Å²) in [4.78, 5) is 0. The van der Waals surface area contributed by atoms with Crippen LogP contribution in [0, 0.1) is 0 Å². The third kappa shape index (κ3) is 4.50. The molecule has 0 bridgehead atoms. The largest absolute Gasteiger partial charge is 0.309 e. The van der Waals surface area contributed by atoms with Crippen molar-refractivity contribution < 1.29 is 0 Å². The molecule has 0 amide bonds. The molecule has 0 unspecified atom stereocenters. The monoisotopic (exact) mass is 487 g/mol. The predicted octanol–water partition coefficient (Wildman–Crippen LogP) is 10.3. The minimum Gasteiger partial charge on any atom is -0.309 e. The van der Waals surface area contributed by atoms with Gasteiger partial charge in [0.05, 0.1) is 16.7 Å². The number of hydrogen-bond donors (Lipinski definition) is 0. The summed E-state index contributed by atoms with van der Waals surface area (Å²) in [5, 5.41) is 2.60. The Bertz CT molecular complexity index is 1520. The van der Waals surface area contributed by atoms with Crippen molar-refractivity contribution in [1.82, 2.24) is 4.57 Å². The highest BCUT2D eigenvalue weighted by Crippen LogP contribution is 2.43. The second-order valence-electron chi connectivity index (χ2n) is 13.6. The van der Waals surface area contributed by atoms with Gasteiger partial charge in [0.1, 0.15) is 0 Å². The topological polar surface area (TPSA) is 4.93 Å². The molecule has 1 aromatic heterocycles. The fourth-order valence-corrected chi connectivity index (χ4v) is 5.59. The number of hydrogen-bond acceptors (Lipinski definition) is 0. The van der Waals surface area contributed by atoms with Crippen LogP contribution in [0.2, 0.25) is 0 Å². The van der Waals surface area contributed by atoms with Crippen molar-refractivity contribution in [3.05, 3.63) is 102 Å². The second-order valence-corrected chi connectivity index (χ2v) is 13.6. The Morgan fingerprint density at radius 3 is 1.43 bits per heavy atom. The lowest BCUT2D eigenvalue weighted by atomic mass is 9.76. The average Bonchev–Trinajstić information content (AvgIpc) is 3.16. The molecule has 0 aliphatic heterocycles. The van der Waals surface area contributed by atoms with Crippen molar-refractivity contribution >= 4 is 21.8 Å². The van der Waals surface area contributed by atoms with Gasteiger partial charge < -0.3 is 4.57 Å². The maximum absolute atomic E-state index is 2.48. The second kappa shape index (κ2) is 8.62. The zero-order chi connectivity index (χ0) is 26.8. The molecule has 37 heavy (non-hydrogen) atoms. The molecule has 190 valence electrons. The summed E-state index contributed by atoms with van der Waals surface area (Å²) in [5.74, 6) is 0. The zero-order valence-corrected chi connectivity index (χ0v) is 24.0. The van der Waals surface area contributed by atoms with Crippen LogP contribution in [-0.2, 0) is 16.2 Å². The van der Waals surface area contributed by atoms with Gasteiger partial charge in [0.15, 0.2) is 0 Å². The van der Waals surface area contributed by atoms with Crippen LogP contribution in [0.15, 0.2) is 84.9 Å². The first-order chi connectivity index (χ1) is 17.3. The highest BCUT2D eigenvalue weighted by molar-refractivity contribution is 6.09. The predicted molar refractivity (Wildman–Crippen MR) is 162 cm³/mol. The molecule has 0 spiro atoms. The van der Waals surface area contributed by atoms with Crippen LogP contribution < -0.4 is 0 Å². The van der Waals surface area contributed by atoms with Gasteiger partial charge in [-0.2, -0.15) is 0 Å². The molecule has 5 rings (SSSR count). The molecular weight excluding hydrogens is 446 g/mol. The highest BCUT2D eigenvalue weighted by Gasteiger charge is 2.27. The highest BCUT2D eigenvalue weighted by atomic mass is 15.0. The lowest BCUT2D eigenvalue weighted by molar-refractivity contribution is 0.568. The Hall–Kier alpha value is -3.32. The van der Waals surface area contributed by atoms with E-state index in [1.165, 1.54) is 55.3 Å². The molecule has 1 heterocycles. The Balaban J connectivity index is 1.89. The number of nitrogens with zero attached hydrogens (tertiary/aromatic N) is 1. The van der Waals surface area contributed by atoms with Crippen molar-refractivity contribution in [3.63, 3.8) is 0 Å². The SMILES string of the molecule is CC(C)(C)c1cc(-c2cccc(-n3c4ccccc4c4ccccc43)c2C(C)(C)C)cc(C(C)(C)C)c1. The number of fused-ring (bicyclic) bond motifs is 3.